The summed E-state index contributed by atoms with van der Waals surface area (Å²) in [6.45, 7) is 5.96. The number of fused-ring (bicyclic) bond motifs is 7. The molecule has 0 bridgehead atoms. The number of carbonyl (C=O) groups excluding carboxylic acids is 1. The second kappa shape index (κ2) is 9.10. The minimum Gasteiger partial charge on any atom is -0.492 e. The van der Waals surface area contributed by atoms with Crippen molar-refractivity contribution in [2.24, 2.45) is 28.6 Å². The van der Waals surface area contributed by atoms with Gasteiger partial charge in [0.25, 0.3) is 0 Å². The van der Waals surface area contributed by atoms with E-state index in [1.807, 2.05) is 0 Å². The van der Waals surface area contributed by atoms with Crippen molar-refractivity contribution in [2.45, 2.75) is 83.8 Å². The summed E-state index contributed by atoms with van der Waals surface area (Å²) in [5, 5.41) is 10.3. The summed E-state index contributed by atoms with van der Waals surface area (Å²) in [7, 11) is 3.81. The number of allylic oxidation sites excluding steroid dienone is 3. The smallest absolute Gasteiger partial charge is 0.231 e. The molecule has 1 N–H and O–H groups in total. The SMILES string of the molecule is COc1c2c(cc3c1[C@H](CC(=O)C1=CC[C@@H]4[C@@H]5CC=C6C[C@@H](O)CC[C@]6(C)[C@H]5CC[C@]14C)N(C)CC3)OCO2. The Morgan fingerprint density at radius 3 is 2.77 bits per heavy atom. The molecule has 7 rings (SSSR count). The van der Waals surface area contributed by atoms with Gasteiger partial charge in [-0.25, -0.2) is 0 Å². The van der Waals surface area contributed by atoms with E-state index in [1.165, 1.54) is 17.6 Å². The summed E-state index contributed by atoms with van der Waals surface area (Å²) in [5.41, 5.74) is 5.03. The maximum absolute atomic E-state index is 14.2. The number of hydrogen-bond donors (Lipinski definition) is 1. The molecule has 39 heavy (non-hydrogen) atoms. The van der Waals surface area contributed by atoms with Gasteiger partial charge in [-0.05, 0) is 104 Å². The fourth-order valence-electron chi connectivity index (χ4n) is 9.71. The zero-order valence-electron chi connectivity index (χ0n) is 23.9. The number of rotatable bonds is 4. The van der Waals surface area contributed by atoms with Crippen LogP contribution in [0.1, 0.15) is 82.4 Å². The Morgan fingerprint density at radius 1 is 1.13 bits per heavy atom. The number of ether oxygens (including phenoxy) is 3. The lowest BCUT2D eigenvalue weighted by Crippen LogP contribution is -2.50. The molecule has 0 unspecified atom stereocenters. The molecule has 1 aromatic carbocycles. The van der Waals surface area contributed by atoms with Gasteiger partial charge in [0.1, 0.15) is 0 Å². The highest BCUT2D eigenvalue weighted by Crippen LogP contribution is 2.65. The van der Waals surface area contributed by atoms with E-state index < -0.39 is 0 Å². The second-order valence-corrected chi connectivity index (χ2v) is 13.6. The molecule has 0 radical (unpaired) electrons. The highest BCUT2D eigenvalue weighted by atomic mass is 16.7. The maximum atomic E-state index is 14.2. The van der Waals surface area contributed by atoms with E-state index in [9.17, 15) is 9.90 Å². The quantitative estimate of drug-likeness (QED) is 0.496. The van der Waals surface area contributed by atoms with E-state index >= 15 is 0 Å². The van der Waals surface area contributed by atoms with E-state index in [-0.39, 0.29) is 29.8 Å². The lowest BCUT2D eigenvalue weighted by Gasteiger charge is -2.57. The van der Waals surface area contributed by atoms with Crippen molar-refractivity contribution in [1.29, 1.82) is 0 Å². The lowest BCUT2D eigenvalue weighted by molar-refractivity contribution is -0.119. The van der Waals surface area contributed by atoms with Gasteiger partial charge in [0, 0.05) is 24.6 Å². The minimum absolute atomic E-state index is 0.0432. The first-order chi connectivity index (χ1) is 18.7. The maximum Gasteiger partial charge on any atom is 0.231 e. The van der Waals surface area contributed by atoms with Crippen LogP contribution in [0.5, 0.6) is 17.2 Å². The van der Waals surface area contributed by atoms with Crippen LogP contribution in [0.4, 0.5) is 0 Å². The Hall–Kier alpha value is -2.31. The van der Waals surface area contributed by atoms with Crippen molar-refractivity contribution in [3.05, 3.63) is 40.5 Å². The predicted octanol–water partition coefficient (Wildman–Crippen LogP) is 5.77. The van der Waals surface area contributed by atoms with Gasteiger partial charge < -0.3 is 19.3 Å². The number of aliphatic hydroxyl groups is 1. The van der Waals surface area contributed by atoms with E-state index in [1.54, 1.807) is 7.11 Å². The molecule has 7 atom stereocenters. The third-order valence-corrected chi connectivity index (χ3v) is 11.9. The Balaban J connectivity index is 1.15. The van der Waals surface area contributed by atoms with Crippen LogP contribution in [0.2, 0.25) is 0 Å². The molecular weight excluding hydrogens is 490 g/mol. The molecule has 6 heteroatoms. The van der Waals surface area contributed by atoms with Crippen molar-refractivity contribution < 1.29 is 24.1 Å². The molecule has 0 saturated heterocycles. The summed E-state index contributed by atoms with van der Waals surface area (Å²) < 4.78 is 17.4. The van der Waals surface area contributed by atoms with Crippen molar-refractivity contribution in [3.63, 3.8) is 0 Å². The van der Waals surface area contributed by atoms with Gasteiger partial charge in [-0.15, -0.1) is 0 Å². The standard InChI is InChI=1S/C33H43NO5/c1-32-12-9-21(35)16-20(32)5-6-22-23-7-8-25(33(23,2)13-10-24(22)32)27(36)17-26-29-19(11-14-34(26)3)15-28-30(31(29)37-4)39-18-38-28/h5,8,15,21-24,26,35H,6-7,9-14,16-18H2,1-4H3/t21-,22-,23+,24-,26-,32-,33-/m0/s1. The normalized spacial score (nSPS) is 38.6. The fourth-order valence-corrected chi connectivity index (χ4v) is 9.71. The number of benzene rings is 1. The number of methoxy groups -OCH3 is 1. The monoisotopic (exact) mass is 533 g/mol. The Labute approximate surface area is 232 Å². The van der Waals surface area contributed by atoms with Gasteiger partial charge in [-0.3, -0.25) is 9.69 Å². The second-order valence-electron chi connectivity index (χ2n) is 13.6. The van der Waals surface area contributed by atoms with Gasteiger partial charge in [-0.2, -0.15) is 0 Å². The Kier molecular flexibility index (Phi) is 5.99. The molecular formula is C33H43NO5. The van der Waals surface area contributed by atoms with Crippen LogP contribution < -0.4 is 14.2 Å². The molecule has 2 fully saturated rings. The number of hydrogen-bond acceptors (Lipinski definition) is 6. The van der Waals surface area contributed by atoms with Crippen LogP contribution in [-0.2, 0) is 11.2 Å². The predicted molar refractivity (Wildman–Crippen MR) is 149 cm³/mol. The molecule has 2 saturated carbocycles. The highest BCUT2D eigenvalue weighted by molar-refractivity contribution is 5.98. The van der Waals surface area contributed by atoms with Crippen molar-refractivity contribution in [1.82, 2.24) is 4.90 Å². The molecule has 4 aliphatic carbocycles. The molecule has 1 aromatic rings. The van der Waals surface area contributed by atoms with Gasteiger partial charge in [0.15, 0.2) is 17.3 Å². The summed E-state index contributed by atoms with van der Waals surface area (Å²) in [6, 6.07) is 2.05. The highest BCUT2D eigenvalue weighted by Gasteiger charge is 2.57. The third kappa shape index (κ3) is 3.70. The summed E-state index contributed by atoms with van der Waals surface area (Å²) in [6.07, 6.45) is 13.2. The molecule has 6 nitrogen and oxygen atoms in total. The third-order valence-electron chi connectivity index (χ3n) is 11.9. The number of likely N-dealkylation sites (N-methyl/N-ethyl adjacent to an activating group) is 1. The van der Waals surface area contributed by atoms with Crippen LogP contribution in [0, 0.1) is 28.6 Å². The lowest BCUT2D eigenvalue weighted by atomic mass is 9.47. The fraction of sp³-hybridized carbons (Fsp3) is 0.667. The molecule has 6 aliphatic rings. The van der Waals surface area contributed by atoms with E-state index in [4.69, 9.17) is 14.2 Å². The molecule has 210 valence electrons. The molecule has 0 amide bonds. The van der Waals surface area contributed by atoms with Crippen molar-refractivity contribution in [3.8, 4) is 17.2 Å². The number of ketones is 1. The van der Waals surface area contributed by atoms with E-state index in [2.05, 4.69) is 44.0 Å². The minimum atomic E-state index is -0.172. The van der Waals surface area contributed by atoms with E-state index in [0.717, 1.165) is 74.1 Å². The van der Waals surface area contributed by atoms with Gasteiger partial charge >= 0.3 is 0 Å². The Morgan fingerprint density at radius 2 is 1.95 bits per heavy atom. The summed E-state index contributed by atoms with van der Waals surface area (Å²) in [4.78, 5) is 16.5. The number of aliphatic hydroxyl groups excluding tert-OH is 1. The van der Waals surface area contributed by atoms with Gasteiger partial charge in [-0.1, -0.05) is 31.6 Å². The zero-order chi connectivity index (χ0) is 27.1. The Bertz CT molecular complexity index is 1270. The van der Waals surface area contributed by atoms with Crippen LogP contribution in [0.15, 0.2) is 29.4 Å². The first kappa shape index (κ1) is 25.6. The number of Topliss-reactive ketones (excluding diaryl/α,β-unsaturated/α-hetero) is 1. The van der Waals surface area contributed by atoms with Gasteiger partial charge in [0.05, 0.1) is 13.2 Å². The summed E-state index contributed by atoms with van der Waals surface area (Å²) in [5.74, 6) is 4.24. The zero-order valence-corrected chi connectivity index (χ0v) is 23.9. The van der Waals surface area contributed by atoms with E-state index in [0.29, 0.717) is 35.7 Å². The molecule has 0 spiro atoms. The summed E-state index contributed by atoms with van der Waals surface area (Å²) >= 11 is 0. The number of carbonyl (C=O) groups is 1. The van der Waals surface area contributed by atoms with Crippen LogP contribution in [-0.4, -0.2) is 49.4 Å². The van der Waals surface area contributed by atoms with Gasteiger partial charge in [0.2, 0.25) is 12.5 Å². The van der Waals surface area contributed by atoms with Crippen molar-refractivity contribution in [2.75, 3.05) is 27.5 Å². The van der Waals surface area contributed by atoms with Crippen LogP contribution in [0.3, 0.4) is 0 Å². The topological polar surface area (TPSA) is 68.2 Å². The molecule has 0 aromatic heterocycles. The number of nitrogens with zero attached hydrogens (tertiary/aromatic N) is 1. The first-order valence-corrected chi connectivity index (χ1v) is 15.1. The molecule has 2 heterocycles. The van der Waals surface area contributed by atoms with Crippen LogP contribution >= 0.6 is 0 Å². The van der Waals surface area contributed by atoms with Crippen LogP contribution in [0.25, 0.3) is 0 Å². The van der Waals surface area contributed by atoms with Crippen molar-refractivity contribution >= 4 is 5.78 Å². The first-order valence-electron chi connectivity index (χ1n) is 15.1. The average Bonchev–Trinajstić information content (AvgIpc) is 3.53. The average molecular weight is 534 g/mol. The largest absolute Gasteiger partial charge is 0.492 e. The molecule has 2 aliphatic heterocycles.